The fraction of sp³-hybridized carbons (Fsp3) is 0.333. The molecule has 0 spiro atoms. The molecule has 2 aromatic rings. The van der Waals surface area contributed by atoms with E-state index >= 15 is 0 Å². The molecule has 1 saturated carbocycles. The van der Waals surface area contributed by atoms with Crippen LogP contribution >= 0.6 is 0 Å². The lowest BCUT2D eigenvalue weighted by molar-refractivity contribution is -0.385. The van der Waals surface area contributed by atoms with E-state index in [9.17, 15) is 20.0 Å². The zero-order valence-corrected chi connectivity index (χ0v) is 12.2. The van der Waals surface area contributed by atoms with Crippen LogP contribution in [0.5, 0.6) is 0 Å². The summed E-state index contributed by atoms with van der Waals surface area (Å²) in [6.45, 7) is 0.248. The predicted octanol–water partition coefficient (Wildman–Crippen LogP) is 1.56. The Morgan fingerprint density at radius 2 is 2.13 bits per heavy atom. The molecule has 3 N–H and O–H groups in total. The molecular formula is C15H16N4O4. The van der Waals surface area contributed by atoms with Crippen LogP contribution < -0.4 is 5.32 Å². The first-order valence-electron chi connectivity index (χ1n) is 7.22. The lowest BCUT2D eigenvalue weighted by Crippen LogP contribution is -2.33. The Balaban J connectivity index is 1.67. The number of aromatic nitrogens is 2. The highest BCUT2D eigenvalue weighted by molar-refractivity contribution is 5.96. The van der Waals surface area contributed by atoms with Gasteiger partial charge in [-0.15, -0.1) is 0 Å². The zero-order chi connectivity index (χ0) is 16.4. The van der Waals surface area contributed by atoms with Crippen molar-refractivity contribution in [3.63, 3.8) is 0 Å². The Hall–Kier alpha value is -2.74. The summed E-state index contributed by atoms with van der Waals surface area (Å²) in [5.41, 5.74) is -0.158. The molecule has 0 bridgehead atoms. The fourth-order valence-corrected chi connectivity index (χ4v) is 2.63. The maximum Gasteiger partial charge on any atom is 0.319 e. The molecule has 0 radical (unpaired) electrons. The maximum absolute atomic E-state index is 12.1. The molecule has 1 aliphatic rings. The fourth-order valence-electron chi connectivity index (χ4n) is 2.63. The van der Waals surface area contributed by atoms with Gasteiger partial charge >= 0.3 is 5.69 Å². The number of aliphatic hydroxyl groups excluding tert-OH is 1. The number of nitro groups is 1. The smallest absolute Gasteiger partial charge is 0.319 e. The van der Waals surface area contributed by atoms with Gasteiger partial charge in [0.15, 0.2) is 0 Å². The molecule has 1 aromatic carbocycles. The van der Waals surface area contributed by atoms with E-state index in [2.05, 4.69) is 15.5 Å². The van der Waals surface area contributed by atoms with Gasteiger partial charge in [-0.25, -0.2) is 0 Å². The van der Waals surface area contributed by atoms with Crippen molar-refractivity contribution in [1.29, 1.82) is 0 Å². The number of rotatable bonds is 6. The number of aromatic amines is 1. The number of carbonyl (C=O) groups excluding carboxylic acids is 1. The number of amides is 1. The normalized spacial score (nSPS) is 16.6. The Kier molecular flexibility index (Phi) is 3.83. The summed E-state index contributed by atoms with van der Waals surface area (Å²) in [5, 5.41) is 29.9. The lowest BCUT2D eigenvalue weighted by atomic mass is 9.92. The Labute approximate surface area is 131 Å². The van der Waals surface area contributed by atoms with Crippen molar-refractivity contribution in [3.05, 3.63) is 57.9 Å². The molecule has 1 aliphatic carbocycles. The minimum atomic E-state index is -0.680. The summed E-state index contributed by atoms with van der Waals surface area (Å²) in [4.78, 5) is 22.3. The highest BCUT2D eigenvalue weighted by Crippen LogP contribution is 2.54. The summed E-state index contributed by atoms with van der Waals surface area (Å²) in [6.07, 6.45) is 1.89. The van der Waals surface area contributed by atoms with E-state index in [-0.39, 0.29) is 17.9 Å². The van der Waals surface area contributed by atoms with Crippen LogP contribution in [0.3, 0.4) is 0 Å². The van der Waals surface area contributed by atoms with Crippen LogP contribution in [0.25, 0.3) is 0 Å². The Morgan fingerprint density at radius 3 is 2.74 bits per heavy atom. The van der Waals surface area contributed by atoms with Crippen molar-refractivity contribution in [1.82, 2.24) is 15.5 Å². The van der Waals surface area contributed by atoms with Gasteiger partial charge in [-0.2, -0.15) is 5.10 Å². The summed E-state index contributed by atoms with van der Waals surface area (Å²) >= 11 is 0. The van der Waals surface area contributed by atoms with Gasteiger partial charge in [0.25, 0.3) is 5.91 Å². The molecule has 3 rings (SSSR count). The van der Waals surface area contributed by atoms with Crippen molar-refractivity contribution in [2.75, 3.05) is 6.54 Å². The summed E-state index contributed by atoms with van der Waals surface area (Å²) < 4.78 is 0. The van der Waals surface area contributed by atoms with Crippen molar-refractivity contribution in [2.45, 2.75) is 18.9 Å². The van der Waals surface area contributed by atoms with E-state index in [0.29, 0.717) is 0 Å². The topological polar surface area (TPSA) is 121 Å². The van der Waals surface area contributed by atoms with Crippen LogP contribution in [0.4, 0.5) is 5.69 Å². The van der Waals surface area contributed by atoms with Crippen LogP contribution in [-0.2, 0) is 0 Å². The third-order valence-corrected chi connectivity index (χ3v) is 4.23. The number of hydrogen-bond donors (Lipinski definition) is 3. The third-order valence-electron chi connectivity index (χ3n) is 4.23. The average Bonchev–Trinajstić information content (AvgIpc) is 3.18. The number of benzene rings is 1. The van der Waals surface area contributed by atoms with Gasteiger partial charge in [-0.1, -0.05) is 30.3 Å². The molecule has 1 amide bonds. The number of nitrogens with zero attached hydrogens (tertiary/aromatic N) is 2. The van der Waals surface area contributed by atoms with Crippen LogP contribution in [0.1, 0.15) is 35.0 Å². The minimum Gasteiger partial charge on any atom is -0.388 e. The highest BCUT2D eigenvalue weighted by atomic mass is 16.6. The molecule has 1 atom stereocenters. The number of aliphatic hydroxyl groups is 1. The second kappa shape index (κ2) is 5.81. The van der Waals surface area contributed by atoms with Crippen LogP contribution in [0, 0.1) is 15.5 Å². The molecule has 0 aliphatic heterocycles. The van der Waals surface area contributed by atoms with Crippen molar-refractivity contribution < 1.29 is 14.8 Å². The van der Waals surface area contributed by atoms with E-state index in [1.165, 1.54) is 0 Å². The first-order chi connectivity index (χ1) is 11.0. The van der Waals surface area contributed by atoms with Gasteiger partial charge in [0.2, 0.25) is 5.69 Å². The quantitative estimate of drug-likeness (QED) is 0.551. The molecule has 1 fully saturated rings. The molecule has 120 valence electrons. The molecular weight excluding hydrogens is 300 g/mol. The summed E-state index contributed by atoms with van der Waals surface area (Å²) in [6, 6.07) is 9.25. The zero-order valence-electron chi connectivity index (χ0n) is 12.2. The largest absolute Gasteiger partial charge is 0.388 e. The van der Waals surface area contributed by atoms with Gasteiger partial charge in [-0.3, -0.25) is 20.0 Å². The van der Waals surface area contributed by atoms with Gasteiger partial charge in [0, 0.05) is 12.0 Å². The standard InChI is InChI=1S/C15H16N4O4/c20-13(10-4-2-1-3-5-10)15(6-7-15)9-16-14(21)12-11(19(22)23)8-17-18-12/h1-5,8,13,20H,6-7,9H2,(H,16,21)(H,17,18). The number of carbonyl (C=O) groups is 1. The van der Waals surface area contributed by atoms with Crippen molar-refractivity contribution in [3.8, 4) is 0 Å². The minimum absolute atomic E-state index is 0.181. The highest BCUT2D eigenvalue weighted by Gasteiger charge is 2.49. The monoisotopic (exact) mass is 316 g/mol. The SMILES string of the molecule is O=C(NCC1(C(O)c2ccccc2)CC1)c1[nH]ncc1[N+](=O)[O-]. The number of H-pyrrole nitrogens is 1. The van der Waals surface area contributed by atoms with Crippen molar-refractivity contribution >= 4 is 11.6 Å². The Bertz CT molecular complexity index is 724. The van der Waals surface area contributed by atoms with E-state index in [0.717, 1.165) is 24.6 Å². The second-order valence-electron chi connectivity index (χ2n) is 5.75. The van der Waals surface area contributed by atoms with Gasteiger partial charge in [-0.05, 0) is 18.4 Å². The molecule has 1 aromatic heterocycles. The average molecular weight is 316 g/mol. The molecule has 23 heavy (non-hydrogen) atoms. The predicted molar refractivity (Wildman–Crippen MR) is 80.6 cm³/mol. The first kappa shape index (κ1) is 15.2. The first-order valence-corrected chi connectivity index (χ1v) is 7.22. The lowest BCUT2D eigenvalue weighted by Gasteiger charge is -2.22. The molecule has 1 unspecified atom stereocenters. The summed E-state index contributed by atoms with van der Waals surface area (Å²) in [7, 11) is 0. The number of nitrogens with one attached hydrogen (secondary N) is 2. The van der Waals surface area contributed by atoms with Crippen LogP contribution in [0.2, 0.25) is 0 Å². The molecule has 1 heterocycles. The van der Waals surface area contributed by atoms with Gasteiger partial charge in [0.1, 0.15) is 6.20 Å². The second-order valence-corrected chi connectivity index (χ2v) is 5.75. The van der Waals surface area contributed by atoms with Gasteiger partial charge in [0.05, 0.1) is 11.0 Å². The van der Waals surface area contributed by atoms with E-state index in [1.807, 2.05) is 30.3 Å². The summed E-state index contributed by atoms with van der Waals surface area (Å²) in [5.74, 6) is -0.597. The third kappa shape index (κ3) is 2.93. The van der Waals surface area contributed by atoms with Gasteiger partial charge < -0.3 is 10.4 Å². The Morgan fingerprint density at radius 1 is 1.43 bits per heavy atom. The molecule has 8 heteroatoms. The van der Waals surface area contributed by atoms with E-state index < -0.39 is 22.3 Å². The molecule has 0 saturated heterocycles. The van der Waals surface area contributed by atoms with Crippen LogP contribution in [0.15, 0.2) is 36.5 Å². The van der Waals surface area contributed by atoms with Crippen LogP contribution in [-0.4, -0.2) is 32.7 Å². The maximum atomic E-state index is 12.1. The molecule has 8 nitrogen and oxygen atoms in total. The number of hydrogen-bond acceptors (Lipinski definition) is 5. The van der Waals surface area contributed by atoms with Crippen molar-refractivity contribution in [2.24, 2.45) is 5.41 Å². The van der Waals surface area contributed by atoms with E-state index in [1.54, 1.807) is 0 Å². The van der Waals surface area contributed by atoms with E-state index in [4.69, 9.17) is 0 Å².